The quantitative estimate of drug-likeness (QED) is 0.910. The smallest absolute Gasteiger partial charge is 0.354 e. The first-order valence-corrected chi connectivity index (χ1v) is 6.29. The lowest BCUT2D eigenvalue weighted by atomic mass is 10.1. The van der Waals surface area contributed by atoms with E-state index in [-0.39, 0.29) is 11.5 Å². The number of carbonyl (C=O) groups is 1. The number of pyridine rings is 1. The minimum atomic E-state index is -1.06. The molecular formula is C15H15FN2O2. The van der Waals surface area contributed by atoms with Crippen LogP contribution in [0.5, 0.6) is 0 Å². The second-order valence-electron chi connectivity index (χ2n) is 4.31. The molecule has 1 aromatic heterocycles. The molecule has 1 aromatic carbocycles. The molecule has 0 aliphatic rings. The minimum absolute atomic E-state index is 0.0300. The molecule has 0 unspecified atom stereocenters. The summed E-state index contributed by atoms with van der Waals surface area (Å²) < 4.78 is 13.3. The van der Waals surface area contributed by atoms with Gasteiger partial charge in [-0.25, -0.2) is 14.2 Å². The molecule has 0 saturated heterocycles. The fourth-order valence-corrected chi connectivity index (χ4v) is 2.02. The number of aromatic carboxylic acids is 1. The molecule has 0 saturated carbocycles. The van der Waals surface area contributed by atoms with Gasteiger partial charge >= 0.3 is 5.97 Å². The van der Waals surface area contributed by atoms with E-state index in [1.54, 1.807) is 24.3 Å². The summed E-state index contributed by atoms with van der Waals surface area (Å²) in [5.74, 6) is -1.37. The van der Waals surface area contributed by atoms with Crippen molar-refractivity contribution < 1.29 is 14.3 Å². The van der Waals surface area contributed by atoms with Crippen molar-refractivity contribution in [2.75, 3.05) is 11.4 Å². The van der Waals surface area contributed by atoms with Crippen molar-refractivity contribution in [3.05, 3.63) is 59.7 Å². The lowest BCUT2D eigenvalue weighted by Crippen LogP contribution is -2.23. The average molecular weight is 274 g/mol. The Bertz CT molecular complexity index is 616. The Morgan fingerprint density at radius 3 is 2.80 bits per heavy atom. The summed E-state index contributed by atoms with van der Waals surface area (Å²) in [5, 5.41) is 9.12. The number of carboxylic acids is 1. The van der Waals surface area contributed by atoms with Crippen LogP contribution in [-0.2, 0) is 6.54 Å². The van der Waals surface area contributed by atoms with E-state index in [4.69, 9.17) is 5.11 Å². The highest BCUT2D eigenvalue weighted by Crippen LogP contribution is 2.19. The largest absolute Gasteiger partial charge is 0.477 e. The van der Waals surface area contributed by atoms with Crippen LogP contribution in [0.3, 0.4) is 0 Å². The molecule has 0 amide bonds. The van der Waals surface area contributed by atoms with Crippen LogP contribution in [0, 0.1) is 5.82 Å². The SMILES string of the molecule is CCN(Cc1cccnc1C(=O)O)c1cccc(F)c1. The number of anilines is 1. The van der Waals surface area contributed by atoms with E-state index in [1.807, 2.05) is 11.8 Å². The maximum Gasteiger partial charge on any atom is 0.354 e. The fraction of sp³-hybridized carbons (Fsp3) is 0.200. The van der Waals surface area contributed by atoms with E-state index in [2.05, 4.69) is 4.98 Å². The number of carboxylic acid groups (broad SMARTS) is 1. The third-order valence-corrected chi connectivity index (χ3v) is 3.01. The molecule has 4 nitrogen and oxygen atoms in total. The lowest BCUT2D eigenvalue weighted by Gasteiger charge is -2.23. The summed E-state index contributed by atoms with van der Waals surface area (Å²) in [4.78, 5) is 16.9. The molecule has 20 heavy (non-hydrogen) atoms. The second kappa shape index (κ2) is 6.14. The van der Waals surface area contributed by atoms with Crippen LogP contribution in [0.4, 0.5) is 10.1 Å². The molecule has 0 fully saturated rings. The summed E-state index contributed by atoms with van der Waals surface area (Å²) >= 11 is 0. The molecule has 0 spiro atoms. The number of hydrogen-bond acceptors (Lipinski definition) is 3. The molecule has 104 valence electrons. The number of halogens is 1. The molecule has 0 atom stereocenters. The van der Waals surface area contributed by atoms with Gasteiger partial charge in [-0.15, -0.1) is 0 Å². The van der Waals surface area contributed by atoms with E-state index in [0.717, 1.165) is 0 Å². The van der Waals surface area contributed by atoms with Crippen LogP contribution in [0.25, 0.3) is 0 Å². The predicted octanol–water partition coefficient (Wildman–Crippen LogP) is 2.95. The molecule has 0 bridgehead atoms. The van der Waals surface area contributed by atoms with E-state index in [1.165, 1.54) is 18.3 Å². The highest BCUT2D eigenvalue weighted by molar-refractivity contribution is 5.87. The first-order chi connectivity index (χ1) is 9.61. The Morgan fingerprint density at radius 1 is 1.35 bits per heavy atom. The number of benzene rings is 1. The van der Waals surface area contributed by atoms with Crippen molar-refractivity contribution in [1.29, 1.82) is 0 Å². The van der Waals surface area contributed by atoms with Gasteiger partial charge in [0, 0.05) is 30.5 Å². The van der Waals surface area contributed by atoms with Gasteiger partial charge in [0.25, 0.3) is 0 Å². The lowest BCUT2D eigenvalue weighted by molar-refractivity contribution is 0.0689. The number of aromatic nitrogens is 1. The first-order valence-electron chi connectivity index (χ1n) is 6.29. The van der Waals surface area contributed by atoms with E-state index < -0.39 is 5.97 Å². The third-order valence-electron chi connectivity index (χ3n) is 3.01. The van der Waals surface area contributed by atoms with Gasteiger partial charge in [0.2, 0.25) is 0 Å². The van der Waals surface area contributed by atoms with Crippen LogP contribution in [-0.4, -0.2) is 22.6 Å². The number of hydrogen-bond donors (Lipinski definition) is 1. The topological polar surface area (TPSA) is 53.4 Å². The second-order valence-corrected chi connectivity index (χ2v) is 4.31. The Labute approximate surface area is 116 Å². The highest BCUT2D eigenvalue weighted by atomic mass is 19.1. The van der Waals surface area contributed by atoms with Crippen LogP contribution in [0.2, 0.25) is 0 Å². The molecule has 0 radical (unpaired) electrons. The van der Waals surface area contributed by atoms with Crippen LogP contribution >= 0.6 is 0 Å². The molecule has 0 aliphatic carbocycles. The van der Waals surface area contributed by atoms with Gasteiger partial charge in [0.05, 0.1) is 0 Å². The molecular weight excluding hydrogens is 259 g/mol. The summed E-state index contributed by atoms with van der Waals surface area (Å²) in [6, 6.07) is 9.65. The summed E-state index contributed by atoms with van der Waals surface area (Å²) in [7, 11) is 0. The van der Waals surface area contributed by atoms with Crippen LogP contribution in [0.15, 0.2) is 42.6 Å². The van der Waals surface area contributed by atoms with Gasteiger partial charge in [0.15, 0.2) is 5.69 Å². The van der Waals surface area contributed by atoms with Gasteiger partial charge in [-0.2, -0.15) is 0 Å². The molecule has 2 rings (SSSR count). The number of nitrogens with zero attached hydrogens (tertiary/aromatic N) is 2. The van der Waals surface area contributed by atoms with Crippen molar-refractivity contribution in [1.82, 2.24) is 4.98 Å². The van der Waals surface area contributed by atoms with E-state index in [9.17, 15) is 9.18 Å². The summed E-state index contributed by atoms with van der Waals surface area (Å²) in [6.45, 7) is 2.94. The summed E-state index contributed by atoms with van der Waals surface area (Å²) in [6.07, 6.45) is 1.45. The maximum absolute atomic E-state index is 13.3. The van der Waals surface area contributed by atoms with Crippen molar-refractivity contribution in [2.24, 2.45) is 0 Å². The Kier molecular flexibility index (Phi) is 4.30. The maximum atomic E-state index is 13.3. The normalized spacial score (nSPS) is 10.3. The molecule has 5 heteroatoms. The van der Waals surface area contributed by atoms with Gasteiger partial charge < -0.3 is 10.0 Å². The van der Waals surface area contributed by atoms with Crippen molar-refractivity contribution in [3.8, 4) is 0 Å². The zero-order chi connectivity index (χ0) is 14.5. The number of rotatable bonds is 5. The van der Waals surface area contributed by atoms with Crippen molar-refractivity contribution >= 4 is 11.7 Å². The molecule has 1 heterocycles. The standard InChI is InChI=1S/C15H15FN2O2/c1-2-18(13-7-3-6-12(16)9-13)10-11-5-4-8-17-14(11)15(19)20/h3-9H,2,10H2,1H3,(H,19,20). The van der Waals surface area contributed by atoms with E-state index >= 15 is 0 Å². The Morgan fingerprint density at radius 2 is 2.15 bits per heavy atom. The Hall–Kier alpha value is -2.43. The van der Waals surface area contributed by atoms with Crippen LogP contribution in [0.1, 0.15) is 23.0 Å². The van der Waals surface area contributed by atoms with Gasteiger partial charge in [0.1, 0.15) is 5.82 Å². The predicted molar refractivity (Wildman–Crippen MR) is 74.3 cm³/mol. The zero-order valence-corrected chi connectivity index (χ0v) is 11.1. The first kappa shape index (κ1) is 14.0. The fourth-order valence-electron chi connectivity index (χ4n) is 2.02. The highest BCUT2D eigenvalue weighted by Gasteiger charge is 2.14. The van der Waals surface area contributed by atoms with Gasteiger partial charge in [-0.1, -0.05) is 12.1 Å². The summed E-state index contributed by atoms with van der Waals surface area (Å²) in [5.41, 5.74) is 1.35. The minimum Gasteiger partial charge on any atom is -0.477 e. The molecule has 2 aromatic rings. The molecule has 1 N–H and O–H groups in total. The van der Waals surface area contributed by atoms with Crippen LogP contribution < -0.4 is 4.90 Å². The average Bonchev–Trinajstić information content (AvgIpc) is 2.45. The van der Waals surface area contributed by atoms with Crippen molar-refractivity contribution in [3.63, 3.8) is 0 Å². The molecule has 0 aliphatic heterocycles. The Balaban J connectivity index is 2.29. The van der Waals surface area contributed by atoms with Crippen molar-refractivity contribution in [2.45, 2.75) is 13.5 Å². The zero-order valence-electron chi connectivity index (χ0n) is 11.1. The monoisotopic (exact) mass is 274 g/mol. The third kappa shape index (κ3) is 3.12. The van der Waals surface area contributed by atoms with E-state index in [0.29, 0.717) is 24.3 Å². The van der Waals surface area contributed by atoms with Gasteiger partial charge in [-0.05, 0) is 31.2 Å². The van der Waals surface area contributed by atoms with Gasteiger partial charge in [-0.3, -0.25) is 0 Å².